The lowest BCUT2D eigenvalue weighted by Gasteiger charge is -2.27. The van der Waals surface area contributed by atoms with Gasteiger partial charge in [0.15, 0.2) is 0 Å². The van der Waals surface area contributed by atoms with E-state index in [1.165, 1.54) is 0 Å². The summed E-state index contributed by atoms with van der Waals surface area (Å²) in [7, 11) is 3.38. The van der Waals surface area contributed by atoms with Crippen molar-refractivity contribution in [3.05, 3.63) is 29.8 Å². The molecule has 1 aromatic carbocycles. The number of aliphatic hydroxyl groups is 1. The molecule has 0 saturated carbocycles. The third kappa shape index (κ3) is 4.29. The maximum atomic E-state index is 9.82. The summed E-state index contributed by atoms with van der Waals surface area (Å²) < 4.78 is 10.3. The summed E-state index contributed by atoms with van der Waals surface area (Å²) in [5.41, 5.74) is 1.98. The Balaban J connectivity index is 2.88. The van der Waals surface area contributed by atoms with Crippen LogP contribution in [0.2, 0.25) is 0 Å². The number of aliphatic hydroxyl groups excluding tert-OH is 1. The van der Waals surface area contributed by atoms with Crippen LogP contribution in [0.25, 0.3) is 0 Å². The van der Waals surface area contributed by atoms with E-state index >= 15 is 0 Å². The van der Waals surface area contributed by atoms with E-state index in [1.54, 1.807) is 21.1 Å². The molecule has 0 radical (unpaired) electrons. The van der Waals surface area contributed by atoms with Crippen LogP contribution in [0.5, 0.6) is 0 Å². The quantitative estimate of drug-likeness (QED) is 0.767. The van der Waals surface area contributed by atoms with Gasteiger partial charge < -0.3 is 19.5 Å². The molecule has 0 aliphatic heterocycles. The van der Waals surface area contributed by atoms with Crippen LogP contribution in [0.1, 0.15) is 18.6 Å². The maximum Gasteiger partial charge on any atom is 0.0781 e. The predicted octanol–water partition coefficient (Wildman–Crippen LogP) is 1.84. The molecule has 0 bridgehead atoms. The number of ether oxygens (including phenoxy) is 2. The van der Waals surface area contributed by atoms with Gasteiger partial charge >= 0.3 is 0 Å². The summed E-state index contributed by atoms with van der Waals surface area (Å²) >= 11 is 0. The topological polar surface area (TPSA) is 41.9 Å². The Labute approximate surface area is 109 Å². The normalized spacial score (nSPS) is 12.4. The molecule has 0 amide bonds. The Morgan fingerprint density at radius 3 is 2.17 bits per heavy atom. The molecule has 0 saturated heterocycles. The summed E-state index contributed by atoms with van der Waals surface area (Å²) in [6, 6.07) is 7.89. The van der Waals surface area contributed by atoms with Crippen LogP contribution in [-0.2, 0) is 9.47 Å². The summed E-state index contributed by atoms with van der Waals surface area (Å²) in [6.45, 7) is 4.65. The first-order valence-corrected chi connectivity index (χ1v) is 6.20. The minimum absolute atomic E-state index is 0.478. The fourth-order valence-electron chi connectivity index (χ4n) is 1.88. The van der Waals surface area contributed by atoms with Crippen molar-refractivity contribution in [2.24, 2.45) is 0 Å². The molecular formula is C14H23NO3. The van der Waals surface area contributed by atoms with Crippen LogP contribution in [0.4, 0.5) is 5.69 Å². The van der Waals surface area contributed by atoms with E-state index in [9.17, 15) is 5.11 Å². The van der Waals surface area contributed by atoms with Gasteiger partial charge in [0, 0.05) is 38.6 Å². The summed E-state index contributed by atoms with van der Waals surface area (Å²) in [5, 5.41) is 9.82. The number of para-hydroxylation sites is 1. The Morgan fingerprint density at radius 1 is 1.11 bits per heavy atom. The van der Waals surface area contributed by atoms with Gasteiger partial charge in [-0.2, -0.15) is 0 Å². The fraction of sp³-hybridized carbons (Fsp3) is 0.571. The summed E-state index contributed by atoms with van der Waals surface area (Å²) in [6.07, 6.45) is -0.478. The average Bonchev–Trinajstić information content (AvgIpc) is 2.39. The predicted molar refractivity (Wildman–Crippen MR) is 73.0 cm³/mol. The van der Waals surface area contributed by atoms with Crippen molar-refractivity contribution in [3.63, 3.8) is 0 Å². The van der Waals surface area contributed by atoms with Crippen molar-refractivity contribution < 1.29 is 14.6 Å². The lowest BCUT2D eigenvalue weighted by atomic mass is 10.1. The van der Waals surface area contributed by atoms with E-state index in [0.717, 1.165) is 24.3 Å². The zero-order valence-electron chi connectivity index (χ0n) is 11.4. The smallest absolute Gasteiger partial charge is 0.0781 e. The Hall–Kier alpha value is -1.10. The van der Waals surface area contributed by atoms with Crippen molar-refractivity contribution in [3.8, 4) is 0 Å². The second kappa shape index (κ2) is 8.08. The SMILES string of the molecule is COCCN(CCOC)c1ccccc1[C@H](C)O. The highest BCUT2D eigenvalue weighted by Crippen LogP contribution is 2.25. The molecule has 0 unspecified atom stereocenters. The fourth-order valence-corrected chi connectivity index (χ4v) is 1.88. The zero-order chi connectivity index (χ0) is 13.4. The van der Waals surface area contributed by atoms with E-state index in [2.05, 4.69) is 4.90 Å². The number of nitrogens with zero attached hydrogens (tertiary/aromatic N) is 1. The highest BCUT2D eigenvalue weighted by molar-refractivity contribution is 5.54. The van der Waals surface area contributed by atoms with Crippen molar-refractivity contribution in [2.75, 3.05) is 45.4 Å². The summed E-state index contributed by atoms with van der Waals surface area (Å²) in [5.74, 6) is 0. The van der Waals surface area contributed by atoms with Gasteiger partial charge in [-0.1, -0.05) is 18.2 Å². The minimum Gasteiger partial charge on any atom is -0.389 e. The van der Waals surface area contributed by atoms with Crippen LogP contribution in [-0.4, -0.2) is 45.6 Å². The zero-order valence-corrected chi connectivity index (χ0v) is 11.4. The standard InChI is InChI=1S/C14H23NO3/c1-12(16)13-6-4-5-7-14(13)15(8-10-17-2)9-11-18-3/h4-7,12,16H,8-11H2,1-3H3/t12-/m0/s1. The van der Waals surface area contributed by atoms with Crippen LogP contribution in [0.3, 0.4) is 0 Å². The highest BCUT2D eigenvalue weighted by atomic mass is 16.5. The van der Waals surface area contributed by atoms with Crippen LogP contribution in [0, 0.1) is 0 Å². The van der Waals surface area contributed by atoms with Gasteiger partial charge in [0.25, 0.3) is 0 Å². The Kier molecular flexibility index (Phi) is 6.72. The lowest BCUT2D eigenvalue weighted by molar-refractivity contribution is 0.187. The van der Waals surface area contributed by atoms with Gasteiger partial charge in [-0.15, -0.1) is 0 Å². The van der Waals surface area contributed by atoms with Gasteiger partial charge in [0.05, 0.1) is 19.3 Å². The Morgan fingerprint density at radius 2 is 1.67 bits per heavy atom. The molecule has 0 spiro atoms. The van der Waals surface area contributed by atoms with Crippen molar-refractivity contribution in [1.82, 2.24) is 0 Å². The second-order valence-electron chi connectivity index (χ2n) is 4.21. The largest absolute Gasteiger partial charge is 0.389 e. The first-order valence-electron chi connectivity index (χ1n) is 6.20. The third-order valence-electron chi connectivity index (χ3n) is 2.86. The van der Waals surface area contributed by atoms with Gasteiger partial charge in [-0.3, -0.25) is 0 Å². The lowest BCUT2D eigenvalue weighted by Crippen LogP contribution is -2.31. The maximum absolute atomic E-state index is 9.82. The molecule has 0 aliphatic rings. The first kappa shape index (κ1) is 15.0. The first-order chi connectivity index (χ1) is 8.70. The number of hydrogen-bond donors (Lipinski definition) is 1. The molecule has 0 aliphatic carbocycles. The van der Waals surface area contributed by atoms with E-state index in [-0.39, 0.29) is 0 Å². The van der Waals surface area contributed by atoms with Gasteiger partial charge in [-0.25, -0.2) is 0 Å². The molecule has 1 rings (SSSR count). The molecule has 102 valence electrons. The number of anilines is 1. The average molecular weight is 253 g/mol. The van der Waals surface area contributed by atoms with E-state index < -0.39 is 6.10 Å². The molecule has 4 heteroatoms. The second-order valence-corrected chi connectivity index (χ2v) is 4.21. The van der Waals surface area contributed by atoms with Crippen molar-refractivity contribution in [1.29, 1.82) is 0 Å². The van der Waals surface area contributed by atoms with Crippen LogP contribution >= 0.6 is 0 Å². The molecule has 4 nitrogen and oxygen atoms in total. The van der Waals surface area contributed by atoms with Crippen molar-refractivity contribution >= 4 is 5.69 Å². The van der Waals surface area contributed by atoms with Crippen LogP contribution in [0.15, 0.2) is 24.3 Å². The molecule has 0 heterocycles. The molecule has 1 aromatic rings. The molecule has 0 fully saturated rings. The van der Waals surface area contributed by atoms with Crippen molar-refractivity contribution in [2.45, 2.75) is 13.0 Å². The monoisotopic (exact) mass is 253 g/mol. The van der Waals surface area contributed by atoms with E-state index in [0.29, 0.717) is 13.2 Å². The number of benzene rings is 1. The highest BCUT2D eigenvalue weighted by Gasteiger charge is 2.13. The molecule has 0 aromatic heterocycles. The number of methoxy groups -OCH3 is 2. The number of rotatable bonds is 8. The van der Waals surface area contributed by atoms with E-state index in [1.807, 2.05) is 24.3 Å². The summed E-state index contributed by atoms with van der Waals surface area (Å²) in [4.78, 5) is 2.18. The Bertz CT molecular complexity index is 334. The molecule has 18 heavy (non-hydrogen) atoms. The molecule has 1 N–H and O–H groups in total. The van der Waals surface area contributed by atoms with Crippen LogP contribution < -0.4 is 4.90 Å². The van der Waals surface area contributed by atoms with E-state index in [4.69, 9.17) is 9.47 Å². The number of hydrogen-bond acceptors (Lipinski definition) is 4. The minimum atomic E-state index is -0.478. The van der Waals surface area contributed by atoms with Gasteiger partial charge in [-0.05, 0) is 13.0 Å². The van der Waals surface area contributed by atoms with Gasteiger partial charge in [0.1, 0.15) is 0 Å². The third-order valence-corrected chi connectivity index (χ3v) is 2.86. The molecule has 1 atom stereocenters. The molecular weight excluding hydrogens is 230 g/mol. The van der Waals surface area contributed by atoms with Gasteiger partial charge in [0.2, 0.25) is 0 Å².